The average Bonchev–Trinajstić information content (AvgIpc) is 2.78. The summed E-state index contributed by atoms with van der Waals surface area (Å²) in [6.07, 6.45) is 0. The molecule has 0 atom stereocenters. The number of para-hydroxylation sites is 1. The zero-order valence-electron chi connectivity index (χ0n) is 16.0. The summed E-state index contributed by atoms with van der Waals surface area (Å²) in [5.41, 5.74) is 2.03. The predicted octanol–water partition coefficient (Wildman–Crippen LogP) is 2.95. The highest BCUT2D eigenvalue weighted by atomic mass is 16.5. The minimum atomic E-state index is -0.462. The molecule has 0 spiro atoms. The fourth-order valence-electron chi connectivity index (χ4n) is 2.55. The van der Waals surface area contributed by atoms with Gasteiger partial charge in [-0.1, -0.05) is 24.3 Å². The number of hydrogen-bond donors (Lipinski definition) is 2. The highest BCUT2D eigenvalue weighted by molar-refractivity contribution is 5.96. The summed E-state index contributed by atoms with van der Waals surface area (Å²) >= 11 is 0. The lowest BCUT2D eigenvalue weighted by Crippen LogP contribution is -2.24. The smallest absolute Gasteiger partial charge is 0.339 e. The van der Waals surface area contributed by atoms with Crippen LogP contribution in [-0.2, 0) is 11.3 Å². The lowest BCUT2D eigenvalue weighted by Gasteiger charge is -2.10. The molecule has 1 aromatic heterocycles. The summed E-state index contributed by atoms with van der Waals surface area (Å²) in [6.45, 7) is 0.358. The van der Waals surface area contributed by atoms with E-state index in [1.807, 2.05) is 24.3 Å². The third-order valence-electron chi connectivity index (χ3n) is 4.10. The number of aromatic nitrogens is 2. The summed E-state index contributed by atoms with van der Waals surface area (Å²) in [4.78, 5) is 24.1. The molecule has 3 aromatic rings. The van der Waals surface area contributed by atoms with Crippen molar-refractivity contribution in [3.63, 3.8) is 0 Å². The second-order valence-electron chi connectivity index (χ2n) is 6.00. The average molecular weight is 392 g/mol. The normalized spacial score (nSPS) is 10.1. The highest BCUT2D eigenvalue weighted by Crippen LogP contribution is 2.20. The van der Waals surface area contributed by atoms with Crippen molar-refractivity contribution in [3.05, 3.63) is 77.5 Å². The molecule has 0 saturated carbocycles. The second kappa shape index (κ2) is 9.32. The van der Waals surface area contributed by atoms with Crippen LogP contribution in [0, 0.1) is 0 Å². The van der Waals surface area contributed by atoms with Gasteiger partial charge in [0.2, 0.25) is 0 Å². The third-order valence-corrected chi connectivity index (χ3v) is 4.10. The van der Waals surface area contributed by atoms with E-state index in [1.165, 1.54) is 7.11 Å². The zero-order valence-corrected chi connectivity index (χ0v) is 16.0. The first-order valence-corrected chi connectivity index (χ1v) is 8.80. The zero-order chi connectivity index (χ0) is 20.6. The number of rotatable bonds is 7. The van der Waals surface area contributed by atoms with Gasteiger partial charge in [-0.3, -0.25) is 4.79 Å². The molecule has 8 nitrogen and oxygen atoms in total. The molecule has 1 heterocycles. The van der Waals surface area contributed by atoms with Crippen LogP contribution in [0.1, 0.15) is 26.4 Å². The molecule has 148 valence electrons. The number of hydrogen-bond acceptors (Lipinski definition) is 7. The van der Waals surface area contributed by atoms with Crippen LogP contribution in [0.25, 0.3) is 0 Å². The third kappa shape index (κ3) is 5.07. The first-order chi connectivity index (χ1) is 14.1. The van der Waals surface area contributed by atoms with E-state index < -0.39 is 5.97 Å². The number of anilines is 2. The van der Waals surface area contributed by atoms with Crippen molar-refractivity contribution in [2.24, 2.45) is 0 Å². The second-order valence-corrected chi connectivity index (χ2v) is 6.00. The van der Waals surface area contributed by atoms with Crippen molar-refractivity contribution >= 4 is 23.4 Å². The maximum absolute atomic E-state index is 12.3. The van der Waals surface area contributed by atoms with E-state index in [0.717, 1.165) is 11.3 Å². The van der Waals surface area contributed by atoms with E-state index in [0.29, 0.717) is 23.6 Å². The van der Waals surface area contributed by atoms with Crippen molar-refractivity contribution in [3.8, 4) is 5.75 Å². The van der Waals surface area contributed by atoms with Crippen LogP contribution in [0.2, 0.25) is 0 Å². The standard InChI is InChI=1S/C21H20N4O4/c1-28-15-9-7-14(8-10-15)13-22-20(26)18-11-12-19(25-24-18)23-17-6-4-3-5-16(17)21(27)29-2/h3-12H,13H2,1-2H3,(H,22,26)(H,23,25). The first kappa shape index (κ1) is 19.8. The molecule has 0 saturated heterocycles. The fraction of sp³-hybridized carbons (Fsp3) is 0.143. The molecule has 2 N–H and O–H groups in total. The molecule has 0 unspecified atom stereocenters. The highest BCUT2D eigenvalue weighted by Gasteiger charge is 2.12. The Labute approximate surface area is 167 Å². The Hall–Kier alpha value is -3.94. The lowest BCUT2D eigenvalue weighted by atomic mass is 10.2. The summed E-state index contributed by atoms with van der Waals surface area (Å²) in [6, 6.07) is 17.5. The van der Waals surface area contributed by atoms with E-state index >= 15 is 0 Å². The molecule has 29 heavy (non-hydrogen) atoms. The number of amides is 1. The van der Waals surface area contributed by atoms with E-state index in [9.17, 15) is 9.59 Å². The molecular formula is C21H20N4O4. The van der Waals surface area contributed by atoms with Crippen LogP contribution < -0.4 is 15.4 Å². The molecule has 8 heteroatoms. The summed E-state index contributed by atoms with van der Waals surface area (Å²) in [5, 5.41) is 13.8. The quantitative estimate of drug-likeness (QED) is 0.596. The first-order valence-electron chi connectivity index (χ1n) is 8.80. The van der Waals surface area contributed by atoms with Gasteiger partial charge in [0.1, 0.15) is 5.75 Å². The molecule has 0 fully saturated rings. The molecule has 2 aromatic carbocycles. The van der Waals surface area contributed by atoms with Crippen molar-refractivity contribution in [1.82, 2.24) is 15.5 Å². The van der Waals surface area contributed by atoms with Crippen LogP contribution in [0.3, 0.4) is 0 Å². The fourth-order valence-corrected chi connectivity index (χ4v) is 2.55. The maximum Gasteiger partial charge on any atom is 0.339 e. The number of benzene rings is 2. The molecule has 0 bridgehead atoms. The van der Waals surface area contributed by atoms with Gasteiger partial charge >= 0.3 is 5.97 Å². The minimum absolute atomic E-state index is 0.185. The van der Waals surface area contributed by atoms with E-state index in [2.05, 4.69) is 20.8 Å². The van der Waals surface area contributed by atoms with Crippen molar-refractivity contribution < 1.29 is 19.1 Å². The lowest BCUT2D eigenvalue weighted by molar-refractivity contribution is 0.0601. The van der Waals surface area contributed by atoms with Gasteiger partial charge in [0, 0.05) is 6.54 Å². The maximum atomic E-state index is 12.3. The number of ether oxygens (including phenoxy) is 2. The van der Waals surface area contributed by atoms with Gasteiger partial charge < -0.3 is 20.1 Å². The molecule has 0 aliphatic carbocycles. The predicted molar refractivity (Wildman–Crippen MR) is 107 cm³/mol. The Morgan fingerprint density at radius 1 is 0.931 bits per heavy atom. The van der Waals surface area contributed by atoms with Gasteiger partial charge in [0.25, 0.3) is 5.91 Å². The summed E-state index contributed by atoms with van der Waals surface area (Å²) in [7, 11) is 2.92. The monoisotopic (exact) mass is 392 g/mol. The molecule has 1 amide bonds. The van der Waals surface area contributed by atoms with Crippen molar-refractivity contribution in [2.45, 2.75) is 6.54 Å². The van der Waals surface area contributed by atoms with Crippen LogP contribution in [0.4, 0.5) is 11.5 Å². The molecule has 0 aliphatic rings. The number of methoxy groups -OCH3 is 2. The summed E-state index contributed by atoms with van der Waals surface area (Å²) in [5.74, 6) is 0.348. The number of nitrogens with zero attached hydrogens (tertiary/aromatic N) is 2. The molecule has 0 aliphatic heterocycles. The SMILES string of the molecule is COC(=O)c1ccccc1Nc1ccc(C(=O)NCc2ccc(OC)cc2)nn1. The van der Waals surface area contributed by atoms with Gasteiger partial charge in [-0.2, -0.15) is 0 Å². The van der Waals surface area contributed by atoms with E-state index in [1.54, 1.807) is 43.5 Å². The van der Waals surface area contributed by atoms with Crippen LogP contribution >= 0.6 is 0 Å². The Kier molecular flexibility index (Phi) is 6.36. The molecular weight excluding hydrogens is 372 g/mol. The van der Waals surface area contributed by atoms with Gasteiger partial charge in [0.05, 0.1) is 25.5 Å². The van der Waals surface area contributed by atoms with Gasteiger partial charge in [-0.15, -0.1) is 10.2 Å². The van der Waals surface area contributed by atoms with Gasteiger partial charge in [-0.25, -0.2) is 4.79 Å². The topological polar surface area (TPSA) is 102 Å². The van der Waals surface area contributed by atoms with E-state index in [4.69, 9.17) is 9.47 Å². The number of nitrogens with one attached hydrogen (secondary N) is 2. The number of carbonyl (C=O) groups is 2. The van der Waals surface area contributed by atoms with Gasteiger partial charge in [-0.05, 0) is 42.0 Å². The van der Waals surface area contributed by atoms with Crippen molar-refractivity contribution in [2.75, 3.05) is 19.5 Å². The number of carbonyl (C=O) groups excluding carboxylic acids is 2. The van der Waals surface area contributed by atoms with Crippen molar-refractivity contribution in [1.29, 1.82) is 0 Å². The minimum Gasteiger partial charge on any atom is -0.497 e. The Morgan fingerprint density at radius 2 is 1.69 bits per heavy atom. The van der Waals surface area contributed by atoms with Crippen LogP contribution in [-0.4, -0.2) is 36.3 Å². The molecule has 3 rings (SSSR count). The summed E-state index contributed by atoms with van der Waals surface area (Å²) < 4.78 is 9.87. The van der Waals surface area contributed by atoms with E-state index in [-0.39, 0.29) is 11.6 Å². The molecule has 0 radical (unpaired) electrons. The Morgan fingerprint density at radius 3 is 2.34 bits per heavy atom. The van der Waals surface area contributed by atoms with Gasteiger partial charge in [0.15, 0.2) is 11.5 Å². The number of esters is 1. The van der Waals surface area contributed by atoms with Crippen LogP contribution in [0.5, 0.6) is 5.75 Å². The van der Waals surface area contributed by atoms with Crippen LogP contribution in [0.15, 0.2) is 60.7 Å². The Balaban J connectivity index is 1.62. The Bertz CT molecular complexity index is 988. The largest absolute Gasteiger partial charge is 0.497 e.